The summed E-state index contributed by atoms with van der Waals surface area (Å²) >= 11 is 0. The van der Waals surface area contributed by atoms with Crippen molar-refractivity contribution in [3.8, 4) is 0 Å². The van der Waals surface area contributed by atoms with Gasteiger partial charge in [-0.2, -0.15) is 0 Å². The van der Waals surface area contributed by atoms with Crippen LogP contribution in [0.5, 0.6) is 0 Å². The first-order chi connectivity index (χ1) is 7.59. The predicted octanol–water partition coefficient (Wildman–Crippen LogP) is 0.647. The van der Waals surface area contributed by atoms with Gasteiger partial charge in [-0.3, -0.25) is 9.78 Å². The Hall–Kier alpha value is -2.17. The molecule has 1 aromatic rings. The van der Waals surface area contributed by atoms with E-state index in [1.807, 2.05) is 6.92 Å². The maximum absolute atomic E-state index is 11.2. The van der Waals surface area contributed by atoms with Crippen LogP contribution < -0.4 is 5.32 Å². The van der Waals surface area contributed by atoms with E-state index in [4.69, 9.17) is 5.11 Å². The zero-order valence-corrected chi connectivity index (χ0v) is 8.80. The van der Waals surface area contributed by atoms with Crippen molar-refractivity contribution >= 4 is 11.9 Å². The Balaban J connectivity index is 2.49. The number of hydrogen-bond donors (Lipinski definition) is 2. The highest BCUT2D eigenvalue weighted by atomic mass is 16.4. The summed E-state index contributed by atoms with van der Waals surface area (Å²) in [5, 5.41) is 10.9. The van der Waals surface area contributed by atoms with E-state index < -0.39 is 11.9 Å². The van der Waals surface area contributed by atoms with Crippen LogP contribution in [0.2, 0.25) is 0 Å². The fourth-order valence-electron chi connectivity index (χ4n) is 1.09. The van der Waals surface area contributed by atoms with Crippen molar-refractivity contribution in [2.45, 2.75) is 13.5 Å². The summed E-state index contributed by atoms with van der Waals surface area (Å²) in [7, 11) is 0. The number of pyridine rings is 1. The van der Waals surface area contributed by atoms with Gasteiger partial charge in [0.25, 0.3) is 0 Å². The Labute approximate surface area is 92.8 Å². The van der Waals surface area contributed by atoms with Gasteiger partial charge in [0.05, 0.1) is 0 Å². The van der Waals surface area contributed by atoms with Crippen molar-refractivity contribution in [2.24, 2.45) is 0 Å². The van der Waals surface area contributed by atoms with Gasteiger partial charge in [-0.25, -0.2) is 4.79 Å². The largest absolute Gasteiger partial charge is 0.478 e. The molecular weight excluding hydrogens is 208 g/mol. The smallest absolute Gasteiger partial charge is 0.328 e. The highest BCUT2D eigenvalue weighted by molar-refractivity contribution is 5.93. The molecule has 0 atom stereocenters. The van der Waals surface area contributed by atoms with E-state index in [0.29, 0.717) is 6.54 Å². The molecule has 2 N–H and O–H groups in total. The maximum atomic E-state index is 11.2. The lowest BCUT2D eigenvalue weighted by Crippen LogP contribution is -2.21. The van der Waals surface area contributed by atoms with Crippen molar-refractivity contribution in [3.05, 3.63) is 41.7 Å². The van der Waals surface area contributed by atoms with Gasteiger partial charge in [0.1, 0.15) is 0 Å². The summed E-state index contributed by atoms with van der Waals surface area (Å²) in [5.74, 6) is -1.58. The molecule has 0 bridgehead atoms. The fourth-order valence-corrected chi connectivity index (χ4v) is 1.09. The second-order valence-corrected chi connectivity index (χ2v) is 3.19. The monoisotopic (exact) mass is 220 g/mol. The van der Waals surface area contributed by atoms with Gasteiger partial charge in [-0.1, -0.05) is 0 Å². The lowest BCUT2D eigenvalue weighted by atomic mass is 10.1. The zero-order valence-electron chi connectivity index (χ0n) is 8.80. The number of amides is 1. The lowest BCUT2D eigenvalue weighted by molar-refractivity contribution is -0.131. The van der Waals surface area contributed by atoms with Gasteiger partial charge in [0.2, 0.25) is 5.91 Å². The van der Waals surface area contributed by atoms with E-state index in [-0.39, 0.29) is 0 Å². The molecule has 5 heteroatoms. The number of aromatic nitrogens is 1. The molecule has 0 aliphatic rings. The Morgan fingerprint density at radius 3 is 2.88 bits per heavy atom. The molecule has 1 heterocycles. The van der Waals surface area contributed by atoms with Crippen molar-refractivity contribution < 1.29 is 14.7 Å². The third-order valence-electron chi connectivity index (χ3n) is 1.97. The Kier molecular flexibility index (Phi) is 4.20. The summed E-state index contributed by atoms with van der Waals surface area (Å²) < 4.78 is 0. The van der Waals surface area contributed by atoms with E-state index in [1.165, 1.54) is 0 Å². The number of aliphatic carboxylic acids is 1. The summed E-state index contributed by atoms with van der Waals surface area (Å²) in [6.07, 6.45) is 5.13. The van der Waals surface area contributed by atoms with Gasteiger partial charge in [-0.05, 0) is 24.1 Å². The fraction of sp³-hybridized carbons (Fsp3) is 0.182. The van der Waals surface area contributed by atoms with Crippen LogP contribution in [0, 0.1) is 6.92 Å². The van der Waals surface area contributed by atoms with E-state index in [2.05, 4.69) is 10.3 Å². The molecule has 0 fully saturated rings. The summed E-state index contributed by atoms with van der Waals surface area (Å²) in [4.78, 5) is 25.2. The van der Waals surface area contributed by atoms with Gasteiger partial charge >= 0.3 is 5.97 Å². The molecule has 0 unspecified atom stereocenters. The standard InChI is InChI=1S/C11H12N2O3/c1-8-6-12-5-4-9(8)7-13-10(14)2-3-11(15)16/h2-6H,7H2,1H3,(H,13,14)(H,15,16)/b3-2+. The summed E-state index contributed by atoms with van der Waals surface area (Å²) in [6, 6.07) is 1.80. The first kappa shape index (κ1) is 11.9. The third-order valence-corrected chi connectivity index (χ3v) is 1.97. The van der Waals surface area contributed by atoms with Gasteiger partial charge < -0.3 is 10.4 Å². The second-order valence-electron chi connectivity index (χ2n) is 3.19. The molecule has 0 aliphatic heterocycles. The van der Waals surface area contributed by atoms with Gasteiger partial charge in [0, 0.05) is 31.1 Å². The van der Waals surface area contributed by atoms with Crippen LogP contribution >= 0.6 is 0 Å². The molecule has 84 valence electrons. The molecule has 0 aromatic carbocycles. The van der Waals surface area contributed by atoms with Crippen LogP contribution in [-0.2, 0) is 16.1 Å². The zero-order chi connectivity index (χ0) is 12.0. The third kappa shape index (κ3) is 3.91. The predicted molar refractivity (Wildman–Crippen MR) is 57.6 cm³/mol. The topological polar surface area (TPSA) is 79.3 Å². The molecule has 1 amide bonds. The minimum absolute atomic E-state index is 0.358. The van der Waals surface area contributed by atoms with Crippen LogP contribution in [0.15, 0.2) is 30.6 Å². The Morgan fingerprint density at radius 1 is 1.50 bits per heavy atom. The number of carbonyl (C=O) groups excluding carboxylic acids is 1. The van der Waals surface area contributed by atoms with Crippen molar-refractivity contribution in [1.29, 1.82) is 0 Å². The maximum Gasteiger partial charge on any atom is 0.328 e. The van der Waals surface area contributed by atoms with Gasteiger partial charge in [-0.15, -0.1) is 0 Å². The average Bonchev–Trinajstić information content (AvgIpc) is 2.25. The number of rotatable bonds is 4. The number of carboxylic acids is 1. The number of carbonyl (C=O) groups is 2. The van der Waals surface area contributed by atoms with Crippen LogP contribution in [-0.4, -0.2) is 22.0 Å². The Bertz CT molecular complexity index is 427. The van der Waals surface area contributed by atoms with E-state index in [9.17, 15) is 9.59 Å². The van der Waals surface area contributed by atoms with Crippen LogP contribution in [0.25, 0.3) is 0 Å². The quantitative estimate of drug-likeness (QED) is 0.730. The first-order valence-electron chi connectivity index (χ1n) is 4.68. The number of nitrogens with one attached hydrogen (secondary N) is 1. The number of hydrogen-bond acceptors (Lipinski definition) is 3. The molecule has 0 spiro atoms. The van der Waals surface area contributed by atoms with Crippen molar-refractivity contribution in [1.82, 2.24) is 10.3 Å². The number of aryl methyl sites for hydroxylation is 1. The minimum Gasteiger partial charge on any atom is -0.478 e. The van der Waals surface area contributed by atoms with Gasteiger partial charge in [0.15, 0.2) is 0 Å². The minimum atomic E-state index is -1.14. The molecule has 0 aliphatic carbocycles. The molecule has 0 radical (unpaired) electrons. The highest BCUT2D eigenvalue weighted by Gasteiger charge is 2.00. The number of nitrogens with zero attached hydrogens (tertiary/aromatic N) is 1. The SMILES string of the molecule is Cc1cnccc1CNC(=O)/C=C/C(=O)O. The van der Waals surface area contributed by atoms with Crippen molar-refractivity contribution in [3.63, 3.8) is 0 Å². The molecule has 1 rings (SSSR count). The molecular formula is C11H12N2O3. The lowest BCUT2D eigenvalue weighted by Gasteiger charge is -2.04. The first-order valence-corrected chi connectivity index (χ1v) is 4.68. The van der Waals surface area contributed by atoms with Crippen molar-refractivity contribution in [2.75, 3.05) is 0 Å². The van der Waals surface area contributed by atoms with Crippen LogP contribution in [0.1, 0.15) is 11.1 Å². The second kappa shape index (κ2) is 5.65. The normalized spacial score (nSPS) is 10.3. The summed E-state index contributed by atoms with van der Waals surface area (Å²) in [5.41, 5.74) is 1.93. The molecule has 5 nitrogen and oxygen atoms in total. The molecule has 0 saturated carbocycles. The van der Waals surface area contributed by atoms with E-state index >= 15 is 0 Å². The van der Waals surface area contributed by atoms with E-state index in [1.54, 1.807) is 18.5 Å². The Morgan fingerprint density at radius 2 is 2.25 bits per heavy atom. The van der Waals surface area contributed by atoms with E-state index in [0.717, 1.165) is 23.3 Å². The van der Waals surface area contributed by atoms with Crippen LogP contribution in [0.4, 0.5) is 0 Å². The average molecular weight is 220 g/mol. The highest BCUT2D eigenvalue weighted by Crippen LogP contribution is 2.03. The van der Waals surface area contributed by atoms with Crippen LogP contribution in [0.3, 0.4) is 0 Å². The summed E-state index contributed by atoms with van der Waals surface area (Å²) in [6.45, 7) is 2.25. The molecule has 1 aromatic heterocycles. The number of carboxylic acid groups (broad SMARTS) is 1. The molecule has 0 saturated heterocycles. The molecule has 16 heavy (non-hydrogen) atoms.